The van der Waals surface area contributed by atoms with Crippen LogP contribution in [0.5, 0.6) is 0 Å². The van der Waals surface area contributed by atoms with E-state index in [4.69, 9.17) is 4.74 Å². The molecule has 3 aliphatic rings. The summed E-state index contributed by atoms with van der Waals surface area (Å²) >= 11 is 0. The number of hydrogen-bond donors (Lipinski definition) is 1. The van der Waals surface area contributed by atoms with E-state index in [-0.39, 0.29) is 0 Å². The van der Waals surface area contributed by atoms with E-state index in [1.54, 1.807) is 0 Å². The molecule has 1 spiro atoms. The molecule has 2 aliphatic heterocycles. The monoisotopic (exact) mass is 318 g/mol. The summed E-state index contributed by atoms with van der Waals surface area (Å²) in [4.78, 5) is 7.33. The van der Waals surface area contributed by atoms with Crippen LogP contribution in [0.4, 0.5) is 0 Å². The molecule has 1 N–H and O–H groups in total. The van der Waals surface area contributed by atoms with E-state index in [2.05, 4.69) is 33.0 Å². The third kappa shape index (κ3) is 3.32. The number of nitrogens with one attached hydrogen (secondary N) is 1. The van der Waals surface area contributed by atoms with Gasteiger partial charge in [-0.15, -0.1) is 0 Å². The summed E-state index contributed by atoms with van der Waals surface area (Å²) in [6, 6.07) is 0.768. The molecule has 0 amide bonds. The van der Waals surface area contributed by atoms with Gasteiger partial charge >= 0.3 is 0 Å². The minimum atomic E-state index is 0.599. The lowest BCUT2D eigenvalue weighted by molar-refractivity contribution is 0.0462. The first-order valence-corrected chi connectivity index (χ1v) is 9.26. The maximum atomic E-state index is 5.55. The maximum Gasteiger partial charge on any atom is 0.122 e. The molecule has 5 nitrogen and oxygen atoms in total. The number of nitrogens with zero attached hydrogens (tertiary/aromatic N) is 3. The molecule has 4 rings (SSSR count). The summed E-state index contributed by atoms with van der Waals surface area (Å²) in [7, 11) is 2.11. The van der Waals surface area contributed by atoms with Crippen molar-refractivity contribution in [3.63, 3.8) is 0 Å². The first-order chi connectivity index (χ1) is 11.3. The molecule has 23 heavy (non-hydrogen) atoms. The third-order valence-corrected chi connectivity index (χ3v) is 6.29. The van der Waals surface area contributed by atoms with Crippen LogP contribution in [0, 0.1) is 11.3 Å². The third-order valence-electron chi connectivity index (χ3n) is 6.29. The molecule has 0 bridgehead atoms. The van der Waals surface area contributed by atoms with Gasteiger partial charge in [0, 0.05) is 45.2 Å². The van der Waals surface area contributed by atoms with Gasteiger partial charge in [0.15, 0.2) is 0 Å². The highest BCUT2D eigenvalue weighted by atomic mass is 16.5. The fourth-order valence-corrected chi connectivity index (χ4v) is 4.60. The van der Waals surface area contributed by atoms with E-state index in [1.165, 1.54) is 57.6 Å². The van der Waals surface area contributed by atoms with Crippen LogP contribution >= 0.6 is 0 Å². The van der Waals surface area contributed by atoms with Crippen molar-refractivity contribution in [2.75, 3.05) is 32.8 Å². The second-order valence-electron chi connectivity index (χ2n) is 7.77. The van der Waals surface area contributed by atoms with Crippen molar-refractivity contribution in [2.24, 2.45) is 18.4 Å². The highest BCUT2D eigenvalue weighted by molar-refractivity contribution is 5.11. The van der Waals surface area contributed by atoms with Crippen molar-refractivity contribution < 1.29 is 4.74 Å². The summed E-state index contributed by atoms with van der Waals surface area (Å²) in [5, 5.41) is 3.52. The number of rotatable bonds is 5. The zero-order valence-electron chi connectivity index (χ0n) is 14.3. The van der Waals surface area contributed by atoms with Crippen LogP contribution in [-0.4, -0.2) is 53.3 Å². The van der Waals surface area contributed by atoms with Crippen molar-refractivity contribution in [2.45, 2.75) is 44.7 Å². The van der Waals surface area contributed by atoms with Crippen LogP contribution in [0.3, 0.4) is 0 Å². The minimum absolute atomic E-state index is 0.599. The van der Waals surface area contributed by atoms with Gasteiger partial charge in [0.2, 0.25) is 0 Å². The molecule has 0 radical (unpaired) electrons. The summed E-state index contributed by atoms with van der Waals surface area (Å²) in [5.74, 6) is 2.00. The molecule has 5 heteroatoms. The van der Waals surface area contributed by atoms with Crippen LogP contribution in [0.2, 0.25) is 0 Å². The van der Waals surface area contributed by atoms with Crippen molar-refractivity contribution in [3.05, 3.63) is 18.2 Å². The second-order valence-corrected chi connectivity index (χ2v) is 7.77. The van der Waals surface area contributed by atoms with Crippen LogP contribution in [0.1, 0.15) is 37.9 Å². The number of piperidine rings is 1. The van der Waals surface area contributed by atoms with Gasteiger partial charge in [-0.3, -0.25) is 4.90 Å². The fraction of sp³-hybridized carbons (Fsp3) is 0.833. The molecule has 1 unspecified atom stereocenters. The van der Waals surface area contributed by atoms with Gasteiger partial charge in [0.1, 0.15) is 5.82 Å². The Morgan fingerprint density at radius 3 is 2.83 bits per heavy atom. The summed E-state index contributed by atoms with van der Waals surface area (Å²) in [5.41, 5.74) is 0.599. The van der Waals surface area contributed by atoms with E-state index >= 15 is 0 Å². The van der Waals surface area contributed by atoms with Gasteiger partial charge in [-0.05, 0) is 56.5 Å². The normalized spacial score (nSPS) is 27.7. The number of aromatic nitrogens is 2. The average Bonchev–Trinajstić information content (AvgIpc) is 3.11. The molecular weight excluding hydrogens is 288 g/mol. The lowest BCUT2D eigenvalue weighted by atomic mass is 9.93. The Hall–Kier alpha value is -0.910. The highest BCUT2D eigenvalue weighted by Gasteiger charge is 2.56. The first kappa shape index (κ1) is 15.6. The van der Waals surface area contributed by atoms with Crippen molar-refractivity contribution in [3.8, 4) is 0 Å². The van der Waals surface area contributed by atoms with Crippen LogP contribution < -0.4 is 5.32 Å². The maximum absolute atomic E-state index is 5.55. The number of hydrogen-bond acceptors (Lipinski definition) is 4. The van der Waals surface area contributed by atoms with E-state index in [9.17, 15) is 0 Å². The lowest BCUT2D eigenvalue weighted by Gasteiger charge is -2.33. The Balaban J connectivity index is 1.46. The Morgan fingerprint density at radius 1 is 1.35 bits per heavy atom. The van der Waals surface area contributed by atoms with Crippen LogP contribution in [-0.2, 0) is 18.3 Å². The van der Waals surface area contributed by atoms with Gasteiger partial charge in [-0.25, -0.2) is 4.98 Å². The Kier molecular flexibility index (Phi) is 4.43. The van der Waals surface area contributed by atoms with Gasteiger partial charge in [-0.1, -0.05) is 0 Å². The number of ether oxygens (including phenoxy) is 1. The fourth-order valence-electron chi connectivity index (χ4n) is 4.60. The van der Waals surface area contributed by atoms with E-state index in [0.29, 0.717) is 5.41 Å². The minimum Gasteiger partial charge on any atom is -0.381 e. The first-order valence-electron chi connectivity index (χ1n) is 9.26. The molecule has 3 heterocycles. The van der Waals surface area contributed by atoms with Gasteiger partial charge in [0.25, 0.3) is 0 Å². The summed E-state index contributed by atoms with van der Waals surface area (Å²) in [6.07, 6.45) is 10.5. The topological polar surface area (TPSA) is 42.3 Å². The van der Waals surface area contributed by atoms with Crippen molar-refractivity contribution in [1.29, 1.82) is 0 Å². The van der Waals surface area contributed by atoms with Gasteiger partial charge in [0.05, 0.1) is 6.54 Å². The van der Waals surface area contributed by atoms with E-state index < -0.39 is 0 Å². The lowest BCUT2D eigenvalue weighted by Crippen LogP contribution is -2.39. The standard InChI is InChI=1S/C18H30N4O/c1-21-9-8-20-17(21)14-22(13-15-2-10-23-11-3-15)16-12-18(16)4-6-19-7-5-18/h8-9,15-16,19H,2-7,10-14H2,1H3. The molecular formula is C18H30N4O. The van der Waals surface area contributed by atoms with Crippen molar-refractivity contribution in [1.82, 2.24) is 19.8 Å². The molecule has 1 saturated carbocycles. The SMILES string of the molecule is Cn1ccnc1CN(CC1CCOCC1)C1CC12CCNCC2. The van der Waals surface area contributed by atoms with E-state index in [1.807, 2.05) is 6.20 Å². The molecule has 1 aromatic rings. The molecule has 1 aromatic heterocycles. The van der Waals surface area contributed by atoms with E-state index in [0.717, 1.165) is 31.7 Å². The predicted octanol–water partition coefficient (Wildman–Crippen LogP) is 1.79. The van der Waals surface area contributed by atoms with Gasteiger partial charge < -0.3 is 14.6 Å². The smallest absolute Gasteiger partial charge is 0.122 e. The molecule has 1 atom stereocenters. The second kappa shape index (κ2) is 6.54. The molecule has 3 fully saturated rings. The summed E-state index contributed by atoms with van der Waals surface area (Å²) in [6.45, 7) is 6.51. The molecule has 0 aromatic carbocycles. The Morgan fingerprint density at radius 2 is 2.13 bits per heavy atom. The van der Waals surface area contributed by atoms with Crippen molar-refractivity contribution >= 4 is 0 Å². The van der Waals surface area contributed by atoms with Gasteiger partial charge in [-0.2, -0.15) is 0 Å². The van der Waals surface area contributed by atoms with Crippen LogP contribution in [0.15, 0.2) is 12.4 Å². The quantitative estimate of drug-likeness (QED) is 0.899. The Labute approximate surface area is 139 Å². The Bertz CT molecular complexity index is 517. The zero-order chi connectivity index (χ0) is 15.7. The zero-order valence-corrected chi connectivity index (χ0v) is 14.3. The number of aryl methyl sites for hydroxylation is 1. The highest BCUT2D eigenvalue weighted by Crippen LogP contribution is 2.56. The largest absolute Gasteiger partial charge is 0.381 e. The van der Waals surface area contributed by atoms with Crippen LogP contribution in [0.25, 0.3) is 0 Å². The number of imidazole rings is 1. The molecule has 2 saturated heterocycles. The predicted molar refractivity (Wildman–Crippen MR) is 90.1 cm³/mol. The average molecular weight is 318 g/mol. The molecule has 1 aliphatic carbocycles. The molecule has 128 valence electrons. The summed E-state index contributed by atoms with van der Waals surface area (Å²) < 4.78 is 7.72.